The molecule has 0 heterocycles. The first-order valence-electron chi connectivity index (χ1n) is 3.89. The topological polar surface area (TPSA) is 32.3 Å². The SMILES string of the molecule is COc1ccc([Si](C)(C)[O-])cc1.[Na+]. The Morgan fingerprint density at radius 1 is 1.15 bits per heavy atom. The second-order valence-corrected chi connectivity index (χ2v) is 6.84. The van der Waals surface area contributed by atoms with Crippen molar-refractivity contribution in [2.75, 3.05) is 7.11 Å². The number of rotatable bonds is 2. The first-order valence-corrected chi connectivity index (χ1v) is 6.80. The molecule has 0 aromatic heterocycles. The van der Waals surface area contributed by atoms with Crippen LogP contribution in [0.4, 0.5) is 0 Å². The number of hydrogen-bond donors (Lipinski definition) is 0. The van der Waals surface area contributed by atoms with Gasteiger partial charge in [0.15, 0.2) is 0 Å². The number of ether oxygens (including phenoxy) is 1. The van der Waals surface area contributed by atoms with E-state index < -0.39 is 8.32 Å². The van der Waals surface area contributed by atoms with Crippen LogP contribution in [0.15, 0.2) is 24.3 Å². The molecule has 0 fully saturated rings. The molecule has 0 spiro atoms. The van der Waals surface area contributed by atoms with E-state index in [1.807, 2.05) is 24.3 Å². The van der Waals surface area contributed by atoms with Gasteiger partial charge in [0.1, 0.15) is 5.75 Å². The maximum absolute atomic E-state index is 11.6. The van der Waals surface area contributed by atoms with Crippen molar-refractivity contribution in [3.63, 3.8) is 0 Å². The maximum atomic E-state index is 11.6. The molecule has 0 unspecified atom stereocenters. The molecule has 1 aromatic carbocycles. The minimum absolute atomic E-state index is 0. The third kappa shape index (κ3) is 3.83. The summed E-state index contributed by atoms with van der Waals surface area (Å²) >= 11 is 0. The molecular formula is C9H13NaO2Si. The van der Waals surface area contributed by atoms with Crippen LogP contribution in [0.3, 0.4) is 0 Å². The molecule has 2 nitrogen and oxygen atoms in total. The predicted molar refractivity (Wildman–Crippen MR) is 50.1 cm³/mol. The first-order chi connectivity index (χ1) is 5.54. The summed E-state index contributed by atoms with van der Waals surface area (Å²) in [6.45, 7) is 3.57. The Balaban J connectivity index is 0.00000144. The van der Waals surface area contributed by atoms with Crippen LogP contribution in [0, 0.1) is 0 Å². The van der Waals surface area contributed by atoms with Gasteiger partial charge in [-0.1, -0.05) is 30.4 Å². The van der Waals surface area contributed by atoms with Crippen LogP contribution in [0.1, 0.15) is 0 Å². The molecule has 0 aliphatic heterocycles. The summed E-state index contributed by atoms with van der Waals surface area (Å²) in [5.41, 5.74) is 0. The van der Waals surface area contributed by atoms with E-state index in [0.717, 1.165) is 10.9 Å². The van der Waals surface area contributed by atoms with Crippen molar-refractivity contribution in [1.29, 1.82) is 0 Å². The van der Waals surface area contributed by atoms with Crippen molar-refractivity contribution in [3.05, 3.63) is 24.3 Å². The van der Waals surface area contributed by atoms with E-state index in [1.165, 1.54) is 0 Å². The maximum Gasteiger partial charge on any atom is 1.00 e. The molecule has 0 saturated heterocycles. The van der Waals surface area contributed by atoms with Crippen molar-refractivity contribution < 1.29 is 39.1 Å². The van der Waals surface area contributed by atoms with Crippen molar-refractivity contribution in [2.45, 2.75) is 13.1 Å². The average molecular weight is 204 g/mol. The van der Waals surface area contributed by atoms with E-state index in [-0.39, 0.29) is 29.6 Å². The van der Waals surface area contributed by atoms with E-state index in [0.29, 0.717) is 0 Å². The van der Waals surface area contributed by atoms with E-state index in [1.54, 1.807) is 20.2 Å². The minimum atomic E-state index is -2.37. The fourth-order valence-corrected chi connectivity index (χ4v) is 1.96. The van der Waals surface area contributed by atoms with Crippen LogP contribution >= 0.6 is 0 Å². The van der Waals surface area contributed by atoms with Crippen LogP contribution in [-0.4, -0.2) is 15.4 Å². The van der Waals surface area contributed by atoms with E-state index in [2.05, 4.69) is 0 Å². The summed E-state index contributed by atoms with van der Waals surface area (Å²) in [6, 6.07) is 7.39. The van der Waals surface area contributed by atoms with Crippen molar-refractivity contribution in [1.82, 2.24) is 0 Å². The minimum Gasteiger partial charge on any atom is -0.855 e. The van der Waals surface area contributed by atoms with Crippen LogP contribution in [0.2, 0.25) is 13.1 Å². The monoisotopic (exact) mass is 204 g/mol. The quantitative estimate of drug-likeness (QED) is 0.498. The van der Waals surface area contributed by atoms with Gasteiger partial charge in [0.25, 0.3) is 0 Å². The Labute approximate surface area is 102 Å². The molecule has 0 N–H and O–H groups in total. The number of benzene rings is 1. The standard InChI is InChI=1S/C9H13O2Si.Na/c1-11-8-4-6-9(7-5-8)12(2,3)10;/h4-7H,1-3H3;/q-1;+1. The molecule has 1 rings (SSSR count). The van der Waals surface area contributed by atoms with Gasteiger partial charge in [-0.2, -0.15) is 0 Å². The third-order valence-electron chi connectivity index (χ3n) is 1.79. The Hall–Kier alpha value is 0.197. The second kappa shape index (κ2) is 5.17. The van der Waals surface area contributed by atoms with Gasteiger partial charge >= 0.3 is 29.6 Å². The zero-order valence-corrected chi connectivity index (χ0v) is 11.6. The normalized spacial score (nSPS) is 10.5. The van der Waals surface area contributed by atoms with E-state index >= 15 is 0 Å². The average Bonchev–Trinajstić information content (AvgIpc) is 2.03. The van der Waals surface area contributed by atoms with E-state index in [9.17, 15) is 4.80 Å². The fourth-order valence-electron chi connectivity index (χ4n) is 0.992. The molecular weight excluding hydrogens is 191 g/mol. The summed E-state index contributed by atoms with van der Waals surface area (Å²) in [6.07, 6.45) is 0. The van der Waals surface area contributed by atoms with Gasteiger partial charge in [-0.05, 0) is 20.5 Å². The largest absolute Gasteiger partial charge is 1.00 e. The zero-order valence-electron chi connectivity index (χ0n) is 8.63. The molecule has 0 aliphatic rings. The molecule has 66 valence electrons. The third-order valence-corrected chi connectivity index (χ3v) is 3.51. The van der Waals surface area contributed by atoms with Crippen LogP contribution in [0.5, 0.6) is 5.75 Å². The van der Waals surface area contributed by atoms with Gasteiger partial charge in [0, 0.05) is 0 Å². The smallest absolute Gasteiger partial charge is 0.855 e. The molecule has 0 radical (unpaired) electrons. The number of hydrogen-bond acceptors (Lipinski definition) is 2. The summed E-state index contributed by atoms with van der Waals surface area (Å²) < 4.78 is 5.00. The van der Waals surface area contributed by atoms with Crippen LogP contribution in [0.25, 0.3) is 0 Å². The predicted octanol–water partition coefficient (Wildman–Crippen LogP) is -2.53. The Morgan fingerprint density at radius 2 is 1.62 bits per heavy atom. The molecule has 0 aliphatic carbocycles. The van der Waals surface area contributed by atoms with Gasteiger partial charge in [-0.15, -0.1) is 0 Å². The van der Waals surface area contributed by atoms with Crippen molar-refractivity contribution in [2.24, 2.45) is 0 Å². The molecule has 1 aromatic rings. The molecule has 13 heavy (non-hydrogen) atoms. The Morgan fingerprint density at radius 3 is 1.92 bits per heavy atom. The molecule has 4 heteroatoms. The fraction of sp³-hybridized carbons (Fsp3) is 0.333. The van der Waals surface area contributed by atoms with Crippen LogP contribution in [-0.2, 0) is 0 Å². The molecule has 0 amide bonds. The number of methoxy groups -OCH3 is 1. The zero-order chi connectivity index (χ0) is 9.19. The van der Waals surface area contributed by atoms with Crippen LogP contribution < -0.4 is 44.3 Å². The molecule has 0 bridgehead atoms. The Bertz CT molecular complexity index is 253. The van der Waals surface area contributed by atoms with Gasteiger partial charge in [0.2, 0.25) is 0 Å². The molecule has 0 atom stereocenters. The summed E-state index contributed by atoms with van der Waals surface area (Å²) in [5.74, 6) is 0.803. The Kier molecular flexibility index (Phi) is 5.25. The van der Waals surface area contributed by atoms with Gasteiger partial charge < -0.3 is 9.53 Å². The van der Waals surface area contributed by atoms with Gasteiger partial charge in [-0.3, -0.25) is 0 Å². The summed E-state index contributed by atoms with van der Waals surface area (Å²) in [5, 5.41) is 0.920. The second-order valence-electron chi connectivity index (χ2n) is 3.24. The first kappa shape index (κ1) is 13.2. The summed E-state index contributed by atoms with van der Waals surface area (Å²) in [7, 11) is -0.755. The summed E-state index contributed by atoms with van der Waals surface area (Å²) in [4.78, 5) is 11.6. The van der Waals surface area contributed by atoms with E-state index in [4.69, 9.17) is 4.74 Å². The van der Waals surface area contributed by atoms with Crippen molar-refractivity contribution in [3.8, 4) is 5.75 Å². The van der Waals surface area contributed by atoms with Gasteiger partial charge in [-0.25, -0.2) is 0 Å². The molecule has 0 saturated carbocycles. The van der Waals surface area contributed by atoms with Gasteiger partial charge in [0.05, 0.1) is 7.11 Å². The van der Waals surface area contributed by atoms with Crippen molar-refractivity contribution >= 4 is 13.5 Å².